The first kappa shape index (κ1) is 14.0. The van der Waals surface area contributed by atoms with Crippen LogP contribution < -0.4 is 0 Å². The Morgan fingerprint density at radius 2 is 1.21 bits per heavy atom. The second-order valence-corrected chi connectivity index (χ2v) is 4.52. The monoisotopic (exact) mass is 200 g/mol. The minimum Gasteiger partial charge on any atom is -0.396 e. The van der Waals surface area contributed by atoms with Gasteiger partial charge in [-0.2, -0.15) is 0 Å². The van der Waals surface area contributed by atoms with Crippen molar-refractivity contribution in [3.05, 3.63) is 0 Å². The minimum atomic E-state index is 0.387. The summed E-state index contributed by atoms with van der Waals surface area (Å²) in [6.07, 6.45) is 8.90. The summed E-state index contributed by atoms with van der Waals surface area (Å²) < 4.78 is 0. The van der Waals surface area contributed by atoms with Crippen molar-refractivity contribution in [3.8, 4) is 0 Å². The van der Waals surface area contributed by atoms with E-state index in [2.05, 4.69) is 20.8 Å². The van der Waals surface area contributed by atoms with Gasteiger partial charge in [-0.1, -0.05) is 52.9 Å². The van der Waals surface area contributed by atoms with Crippen LogP contribution in [0.3, 0.4) is 0 Å². The SMILES string of the molecule is CCCC(CO)CC(CCC)CCC. The van der Waals surface area contributed by atoms with E-state index in [1.165, 1.54) is 44.9 Å². The standard InChI is InChI=1S/C13H28O/c1-4-7-12(8-5-2)10-13(11-14)9-6-3/h12-14H,4-11H2,1-3H3. The van der Waals surface area contributed by atoms with Crippen LogP contribution in [0.2, 0.25) is 0 Å². The summed E-state index contributed by atoms with van der Waals surface area (Å²) in [7, 11) is 0. The molecule has 1 unspecified atom stereocenters. The van der Waals surface area contributed by atoms with E-state index in [-0.39, 0.29) is 0 Å². The highest BCUT2D eigenvalue weighted by Crippen LogP contribution is 2.24. The van der Waals surface area contributed by atoms with Crippen LogP contribution in [0.4, 0.5) is 0 Å². The molecule has 0 bridgehead atoms. The van der Waals surface area contributed by atoms with Crippen molar-refractivity contribution in [1.82, 2.24) is 0 Å². The van der Waals surface area contributed by atoms with Crippen LogP contribution >= 0.6 is 0 Å². The van der Waals surface area contributed by atoms with Gasteiger partial charge < -0.3 is 5.11 Å². The zero-order valence-electron chi connectivity index (χ0n) is 10.3. The summed E-state index contributed by atoms with van der Waals surface area (Å²) in [4.78, 5) is 0. The van der Waals surface area contributed by atoms with Crippen LogP contribution in [0, 0.1) is 11.8 Å². The van der Waals surface area contributed by atoms with Gasteiger partial charge in [0.05, 0.1) is 0 Å². The summed E-state index contributed by atoms with van der Waals surface area (Å²) in [6.45, 7) is 7.11. The first-order chi connectivity index (χ1) is 6.78. The Kier molecular flexibility index (Phi) is 9.49. The van der Waals surface area contributed by atoms with Gasteiger partial charge in [0.15, 0.2) is 0 Å². The Bertz CT molecular complexity index is 106. The van der Waals surface area contributed by atoms with Crippen LogP contribution in [-0.4, -0.2) is 11.7 Å². The van der Waals surface area contributed by atoms with Crippen molar-refractivity contribution in [1.29, 1.82) is 0 Å². The van der Waals surface area contributed by atoms with Crippen LogP contribution in [0.15, 0.2) is 0 Å². The lowest BCUT2D eigenvalue weighted by molar-refractivity contribution is 0.185. The lowest BCUT2D eigenvalue weighted by atomic mass is 9.86. The summed E-state index contributed by atoms with van der Waals surface area (Å²) in [6, 6.07) is 0. The average Bonchev–Trinajstić information content (AvgIpc) is 2.18. The number of hydrogen-bond donors (Lipinski definition) is 1. The zero-order valence-corrected chi connectivity index (χ0v) is 10.3. The predicted octanol–water partition coefficient (Wildman–Crippen LogP) is 4.00. The van der Waals surface area contributed by atoms with Crippen LogP contribution in [0.25, 0.3) is 0 Å². The van der Waals surface area contributed by atoms with Gasteiger partial charge in [0.1, 0.15) is 0 Å². The van der Waals surface area contributed by atoms with Crippen molar-refractivity contribution >= 4 is 0 Å². The first-order valence-electron chi connectivity index (χ1n) is 6.39. The molecule has 1 N–H and O–H groups in total. The molecule has 0 aromatic heterocycles. The molecule has 0 aromatic rings. The second-order valence-electron chi connectivity index (χ2n) is 4.52. The lowest BCUT2D eigenvalue weighted by Gasteiger charge is -2.21. The second kappa shape index (κ2) is 9.51. The van der Waals surface area contributed by atoms with Gasteiger partial charge in [0, 0.05) is 6.61 Å². The molecule has 0 aliphatic carbocycles. The van der Waals surface area contributed by atoms with Crippen molar-refractivity contribution in [2.45, 2.75) is 65.7 Å². The third-order valence-electron chi connectivity index (χ3n) is 3.02. The van der Waals surface area contributed by atoms with E-state index in [9.17, 15) is 5.11 Å². The third-order valence-corrected chi connectivity index (χ3v) is 3.02. The highest BCUT2D eigenvalue weighted by Gasteiger charge is 2.13. The highest BCUT2D eigenvalue weighted by atomic mass is 16.3. The lowest BCUT2D eigenvalue weighted by Crippen LogP contribution is -2.12. The molecule has 86 valence electrons. The molecule has 1 nitrogen and oxygen atoms in total. The van der Waals surface area contributed by atoms with E-state index in [1.807, 2.05) is 0 Å². The number of hydrogen-bond acceptors (Lipinski definition) is 1. The Morgan fingerprint density at radius 1 is 0.786 bits per heavy atom. The number of aliphatic hydroxyl groups excluding tert-OH is 1. The summed E-state index contributed by atoms with van der Waals surface area (Å²) in [5.74, 6) is 1.41. The first-order valence-corrected chi connectivity index (χ1v) is 6.39. The Morgan fingerprint density at radius 3 is 1.57 bits per heavy atom. The Balaban J connectivity index is 3.83. The van der Waals surface area contributed by atoms with Gasteiger partial charge in [0.2, 0.25) is 0 Å². The van der Waals surface area contributed by atoms with Gasteiger partial charge in [-0.15, -0.1) is 0 Å². The third kappa shape index (κ3) is 6.42. The maximum atomic E-state index is 9.24. The van der Waals surface area contributed by atoms with E-state index in [1.54, 1.807) is 0 Å². The summed E-state index contributed by atoms with van der Waals surface area (Å²) >= 11 is 0. The smallest absolute Gasteiger partial charge is 0.0459 e. The zero-order chi connectivity index (χ0) is 10.8. The van der Waals surface area contributed by atoms with Crippen LogP contribution in [0.1, 0.15) is 65.7 Å². The molecule has 0 heterocycles. The fourth-order valence-corrected chi connectivity index (χ4v) is 2.36. The molecule has 0 saturated heterocycles. The molecular formula is C13H28O. The van der Waals surface area contributed by atoms with Crippen molar-refractivity contribution in [2.75, 3.05) is 6.61 Å². The van der Waals surface area contributed by atoms with Crippen LogP contribution in [0.5, 0.6) is 0 Å². The van der Waals surface area contributed by atoms with Crippen molar-refractivity contribution in [3.63, 3.8) is 0 Å². The van der Waals surface area contributed by atoms with Gasteiger partial charge in [-0.3, -0.25) is 0 Å². The molecule has 14 heavy (non-hydrogen) atoms. The topological polar surface area (TPSA) is 20.2 Å². The normalized spacial score (nSPS) is 13.5. The average molecular weight is 200 g/mol. The maximum absolute atomic E-state index is 9.24. The Labute approximate surface area is 89.9 Å². The molecule has 0 fully saturated rings. The molecule has 0 amide bonds. The number of rotatable bonds is 9. The van der Waals surface area contributed by atoms with E-state index in [0.717, 1.165) is 5.92 Å². The molecule has 0 aromatic carbocycles. The molecule has 1 atom stereocenters. The van der Waals surface area contributed by atoms with Crippen molar-refractivity contribution in [2.24, 2.45) is 11.8 Å². The van der Waals surface area contributed by atoms with E-state index >= 15 is 0 Å². The fourth-order valence-electron chi connectivity index (χ4n) is 2.36. The van der Waals surface area contributed by atoms with Crippen LogP contribution in [-0.2, 0) is 0 Å². The van der Waals surface area contributed by atoms with E-state index < -0.39 is 0 Å². The summed E-state index contributed by atoms with van der Waals surface area (Å²) in [5.41, 5.74) is 0. The molecular weight excluding hydrogens is 172 g/mol. The largest absolute Gasteiger partial charge is 0.396 e. The molecule has 0 spiro atoms. The molecule has 0 aliphatic rings. The molecule has 0 saturated carbocycles. The summed E-state index contributed by atoms with van der Waals surface area (Å²) in [5, 5.41) is 9.24. The highest BCUT2D eigenvalue weighted by molar-refractivity contribution is 4.65. The molecule has 1 heteroatoms. The molecule has 0 radical (unpaired) electrons. The minimum absolute atomic E-state index is 0.387. The number of aliphatic hydroxyl groups is 1. The van der Waals surface area contributed by atoms with Gasteiger partial charge in [-0.25, -0.2) is 0 Å². The quantitative estimate of drug-likeness (QED) is 0.596. The van der Waals surface area contributed by atoms with E-state index in [4.69, 9.17) is 0 Å². The fraction of sp³-hybridized carbons (Fsp3) is 1.00. The van der Waals surface area contributed by atoms with Gasteiger partial charge in [-0.05, 0) is 24.7 Å². The Hall–Kier alpha value is -0.0400. The maximum Gasteiger partial charge on any atom is 0.0459 e. The van der Waals surface area contributed by atoms with Gasteiger partial charge in [0.25, 0.3) is 0 Å². The molecule has 0 rings (SSSR count). The van der Waals surface area contributed by atoms with Crippen molar-refractivity contribution < 1.29 is 5.11 Å². The predicted molar refractivity (Wildman–Crippen MR) is 63.4 cm³/mol. The van der Waals surface area contributed by atoms with Gasteiger partial charge >= 0.3 is 0 Å². The van der Waals surface area contributed by atoms with E-state index in [0.29, 0.717) is 12.5 Å². The molecule has 0 aliphatic heterocycles.